The van der Waals surface area contributed by atoms with Crippen molar-refractivity contribution >= 4 is 39.5 Å². The third kappa shape index (κ3) is 6.25. The van der Waals surface area contributed by atoms with Crippen LogP contribution >= 0.6 is 12.2 Å². The van der Waals surface area contributed by atoms with E-state index in [2.05, 4.69) is 4.98 Å². The van der Waals surface area contributed by atoms with Gasteiger partial charge in [0.25, 0.3) is 5.69 Å². The van der Waals surface area contributed by atoms with Gasteiger partial charge in [-0.15, -0.1) is 0 Å². The summed E-state index contributed by atoms with van der Waals surface area (Å²) in [7, 11) is 3.14. The van der Waals surface area contributed by atoms with E-state index in [1.807, 2.05) is 30.3 Å². The number of para-hydroxylation sites is 1. The van der Waals surface area contributed by atoms with Crippen LogP contribution in [0, 0.1) is 10.1 Å². The van der Waals surface area contributed by atoms with Crippen molar-refractivity contribution in [2.45, 2.75) is 19.3 Å². The molecule has 0 fully saturated rings. The smallest absolute Gasteiger partial charge is 0.273 e. The van der Waals surface area contributed by atoms with Crippen LogP contribution in [0.1, 0.15) is 17.5 Å². The average Bonchev–Trinajstić information content (AvgIpc) is 2.89. The second kappa shape index (κ2) is 11.6. The summed E-state index contributed by atoms with van der Waals surface area (Å²) in [5.41, 5.74) is 1.97. The van der Waals surface area contributed by atoms with Crippen LogP contribution in [-0.2, 0) is 17.6 Å². The van der Waals surface area contributed by atoms with E-state index in [4.69, 9.17) is 26.4 Å². The fourth-order valence-electron chi connectivity index (χ4n) is 3.96. The molecular formula is C28H24N2O6S. The first kappa shape index (κ1) is 25.7. The maximum atomic E-state index is 12.5. The summed E-state index contributed by atoms with van der Waals surface area (Å²) in [5.74, 6) is 2.25. The first-order valence-corrected chi connectivity index (χ1v) is 11.8. The van der Waals surface area contributed by atoms with Gasteiger partial charge < -0.3 is 14.2 Å². The lowest BCUT2D eigenvalue weighted by Crippen LogP contribution is -2.11. The summed E-state index contributed by atoms with van der Waals surface area (Å²) in [6, 6.07) is 19.1. The van der Waals surface area contributed by atoms with Gasteiger partial charge in [-0.05, 0) is 29.8 Å². The quantitative estimate of drug-likeness (QED) is 0.135. The predicted molar refractivity (Wildman–Crippen MR) is 144 cm³/mol. The third-order valence-electron chi connectivity index (χ3n) is 5.73. The lowest BCUT2D eigenvalue weighted by atomic mass is 10.0. The molecule has 0 radical (unpaired) electrons. The molecule has 8 nitrogen and oxygen atoms in total. The van der Waals surface area contributed by atoms with E-state index in [9.17, 15) is 14.9 Å². The number of rotatable bonds is 11. The van der Waals surface area contributed by atoms with Gasteiger partial charge in [0.2, 0.25) is 0 Å². The molecule has 0 spiro atoms. The van der Waals surface area contributed by atoms with Gasteiger partial charge in [-0.25, -0.2) is 0 Å². The lowest BCUT2D eigenvalue weighted by Gasteiger charge is -2.12. The number of nitro groups is 1. The van der Waals surface area contributed by atoms with Crippen LogP contribution in [0.4, 0.5) is 5.69 Å². The van der Waals surface area contributed by atoms with Crippen molar-refractivity contribution in [2.75, 3.05) is 14.2 Å². The van der Waals surface area contributed by atoms with Crippen LogP contribution < -0.4 is 14.2 Å². The second-order valence-corrected chi connectivity index (χ2v) is 8.85. The highest BCUT2D eigenvalue weighted by Gasteiger charge is 2.17. The number of fused-ring (bicyclic) bond motifs is 1. The minimum atomic E-state index is -0.479. The number of aromatic nitrogens is 1. The van der Waals surface area contributed by atoms with Crippen LogP contribution in [0.2, 0.25) is 0 Å². The minimum Gasteiger partial charge on any atom is -0.493 e. The molecule has 9 heteroatoms. The zero-order valence-electron chi connectivity index (χ0n) is 20.3. The zero-order chi connectivity index (χ0) is 26.4. The van der Waals surface area contributed by atoms with Gasteiger partial charge >= 0.3 is 0 Å². The molecule has 0 bridgehead atoms. The molecule has 0 N–H and O–H groups in total. The van der Waals surface area contributed by atoms with Crippen LogP contribution in [0.5, 0.6) is 23.0 Å². The fourth-order valence-corrected chi connectivity index (χ4v) is 4.29. The van der Waals surface area contributed by atoms with Crippen molar-refractivity contribution in [3.05, 3.63) is 94.2 Å². The average molecular weight is 517 g/mol. The monoisotopic (exact) mass is 516 g/mol. The van der Waals surface area contributed by atoms with Gasteiger partial charge in [0.1, 0.15) is 17.3 Å². The summed E-state index contributed by atoms with van der Waals surface area (Å²) >= 11 is 5.43. The number of carbonyl (C=O) groups excluding carboxylic acids is 1. The highest BCUT2D eigenvalue weighted by atomic mass is 32.1. The lowest BCUT2D eigenvalue weighted by molar-refractivity contribution is -0.385. The minimum absolute atomic E-state index is 0.0272. The van der Waals surface area contributed by atoms with Crippen LogP contribution in [0.25, 0.3) is 10.9 Å². The number of hydrogen-bond acceptors (Lipinski definition) is 8. The van der Waals surface area contributed by atoms with E-state index in [-0.39, 0.29) is 24.3 Å². The number of nitro benzene ring substituents is 1. The number of Topliss-reactive ketones (excluding diaryl/α,β-unsaturated/α-hetero) is 1. The van der Waals surface area contributed by atoms with Crippen LogP contribution in [-0.4, -0.2) is 34.8 Å². The van der Waals surface area contributed by atoms with Crippen molar-refractivity contribution in [3.8, 4) is 23.0 Å². The summed E-state index contributed by atoms with van der Waals surface area (Å²) in [5, 5.41) is 12.0. The molecule has 0 saturated carbocycles. The predicted octanol–water partition coefficient (Wildman–Crippen LogP) is 6.07. The van der Waals surface area contributed by atoms with Crippen molar-refractivity contribution in [2.24, 2.45) is 0 Å². The Labute approximate surface area is 219 Å². The largest absolute Gasteiger partial charge is 0.493 e. The molecule has 0 aliphatic carbocycles. The van der Waals surface area contributed by atoms with Gasteiger partial charge in [-0.2, -0.15) is 0 Å². The summed E-state index contributed by atoms with van der Waals surface area (Å²) in [6.07, 6.45) is 2.15. The maximum Gasteiger partial charge on any atom is 0.273 e. The maximum absolute atomic E-state index is 12.5. The van der Waals surface area contributed by atoms with E-state index >= 15 is 0 Å². The topological polar surface area (TPSA) is 101 Å². The van der Waals surface area contributed by atoms with E-state index in [0.29, 0.717) is 45.4 Å². The number of ether oxygens (including phenoxy) is 3. The molecule has 0 saturated heterocycles. The number of nitrogens with zero attached hydrogens (tertiary/aromatic N) is 2. The van der Waals surface area contributed by atoms with Gasteiger partial charge in [0.15, 0.2) is 11.5 Å². The van der Waals surface area contributed by atoms with Crippen molar-refractivity contribution in [3.63, 3.8) is 0 Å². The van der Waals surface area contributed by atoms with Crippen LogP contribution in [0.15, 0.2) is 72.9 Å². The molecule has 1 aromatic heterocycles. The Bertz CT molecular complexity index is 1470. The molecule has 0 unspecified atom stereocenters. The number of ketones is 1. The molecule has 1 heterocycles. The summed E-state index contributed by atoms with van der Waals surface area (Å²) in [4.78, 5) is 28.1. The van der Waals surface area contributed by atoms with Crippen LogP contribution in [0.3, 0.4) is 0 Å². The Hall–Kier alpha value is -4.37. The summed E-state index contributed by atoms with van der Waals surface area (Å²) < 4.78 is 16.9. The Balaban J connectivity index is 1.40. The first-order valence-electron chi connectivity index (χ1n) is 11.4. The second-order valence-electron chi connectivity index (χ2n) is 8.27. The fraction of sp³-hybridized carbons (Fsp3) is 0.179. The Kier molecular flexibility index (Phi) is 8.05. The Morgan fingerprint density at radius 1 is 0.946 bits per heavy atom. The van der Waals surface area contributed by atoms with Crippen molar-refractivity contribution in [1.82, 2.24) is 4.98 Å². The third-order valence-corrected chi connectivity index (χ3v) is 6.02. The highest BCUT2D eigenvalue weighted by Crippen LogP contribution is 2.36. The number of thiocarbonyl (C=S) groups is 1. The molecular weight excluding hydrogens is 492 g/mol. The first-order chi connectivity index (χ1) is 17.9. The van der Waals surface area contributed by atoms with Gasteiger partial charge in [-0.1, -0.05) is 42.5 Å². The van der Waals surface area contributed by atoms with E-state index in [1.54, 1.807) is 50.7 Å². The number of pyridine rings is 1. The normalized spacial score (nSPS) is 10.6. The molecule has 0 atom stereocenters. The number of methoxy groups -OCH3 is 2. The molecule has 3 aromatic carbocycles. The van der Waals surface area contributed by atoms with Gasteiger partial charge in [0.05, 0.1) is 24.7 Å². The number of carbonyl (C=O) groups is 1. The molecule has 0 amide bonds. The number of benzene rings is 3. The Morgan fingerprint density at radius 2 is 1.65 bits per heavy atom. The molecule has 188 valence electrons. The SMILES string of the molecule is COc1cc2nccc(Oc3ccc(CC(=S)CC(=O)Cc4ccccc4[N+](=O)[O-])cc3)c2cc1OC. The molecule has 0 aliphatic rings. The van der Waals surface area contributed by atoms with E-state index in [1.165, 1.54) is 6.07 Å². The van der Waals surface area contributed by atoms with Gasteiger partial charge in [0, 0.05) is 53.4 Å². The molecule has 37 heavy (non-hydrogen) atoms. The van der Waals surface area contributed by atoms with E-state index < -0.39 is 4.92 Å². The van der Waals surface area contributed by atoms with E-state index in [0.717, 1.165) is 10.9 Å². The summed E-state index contributed by atoms with van der Waals surface area (Å²) in [6.45, 7) is 0. The van der Waals surface area contributed by atoms with Gasteiger partial charge in [-0.3, -0.25) is 19.9 Å². The number of hydrogen-bond donors (Lipinski definition) is 0. The standard InChI is InChI=1S/C28H24N2O6S/c1-34-27-16-23-24(17-28(27)35-2)29-12-11-26(23)36-21-9-7-18(8-10-21)13-22(37)15-20(31)14-19-5-3-4-6-25(19)30(32)33/h3-12,16-17H,13-15H2,1-2H3. The molecule has 4 rings (SSSR count). The highest BCUT2D eigenvalue weighted by molar-refractivity contribution is 7.80. The van der Waals surface area contributed by atoms with Crippen molar-refractivity contribution in [1.29, 1.82) is 0 Å². The van der Waals surface area contributed by atoms with Crippen molar-refractivity contribution < 1.29 is 23.9 Å². The molecule has 0 aliphatic heterocycles. The molecule has 4 aromatic rings. The zero-order valence-corrected chi connectivity index (χ0v) is 21.1. The Morgan fingerprint density at radius 3 is 2.35 bits per heavy atom.